The van der Waals surface area contributed by atoms with Gasteiger partial charge < -0.3 is 89.0 Å². The van der Waals surface area contributed by atoms with Crippen LogP contribution in [0.15, 0.2) is 11.6 Å². The SMILES string of the molecule is CC(C)=C[C@@H]1CO[C@]23C[C@]4(CO2)C(CCC2[C@@]5(C)CC[C@H](O[C@@H]6O[C@H](CO)[C@@H](O)[C@H](O[C@@H]7O[C@H](CO)[C@@H](O)[C@H](O)[C@H]7O)[C@H]6O[C@@H]6O[C@@H](CO)[C@H](O)[C@H]6O)C(C)(C)C5CC[C@]24C)C3C1(C)O. The summed E-state index contributed by atoms with van der Waals surface area (Å²) in [6.07, 6.45) is -14.3. The molecule has 9 rings (SSSR count). The number of ether oxygens (including phenoxy) is 8. The van der Waals surface area contributed by atoms with Crippen LogP contribution in [-0.4, -0.2) is 188 Å². The number of fused-ring (bicyclic) bond motifs is 4. The predicted molar refractivity (Wildman–Crippen MR) is 225 cm³/mol. The van der Waals surface area contributed by atoms with Gasteiger partial charge in [0, 0.05) is 23.7 Å². The second-order valence-electron chi connectivity index (χ2n) is 22.9. The fourth-order valence-electron chi connectivity index (χ4n) is 15.8. The average molecular weight is 929 g/mol. The zero-order valence-corrected chi connectivity index (χ0v) is 38.8. The number of aliphatic hydroxyl groups excluding tert-OH is 9. The van der Waals surface area contributed by atoms with Gasteiger partial charge in [-0.05, 0) is 93.3 Å². The Bertz CT molecular complexity index is 1760. The fourth-order valence-corrected chi connectivity index (χ4v) is 15.8. The predicted octanol–water partition coefficient (Wildman–Crippen LogP) is -0.176. The number of allylic oxidation sites excluding steroid dienone is 1. The highest BCUT2D eigenvalue weighted by Crippen LogP contribution is 2.80. The minimum absolute atomic E-state index is 0.0960. The largest absolute Gasteiger partial charge is 0.394 e. The van der Waals surface area contributed by atoms with Gasteiger partial charge in [0.05, 0.1) is 44.7 Å². The van der Waals surface area contributed by atoms with Crippen molar-refractivity contribution >= 4 is 0 Å². The van der Waals surface area contributed by atoms with E-state index < -0.39 is 129 Å². The van der Waals surface area contributed by atoms with Crippen molar-refractivity contribution in [1.29, 1.82) is 0 Å². The summed E-state index contributed by atoms with van der Waals surface area (Å²) in [5, 5.41) is 108. The van der Waals surface area contributed by atoms with Gasteiger partial charge in [0.15, 0.2) is 24.7 Å². The first-order valence-electron chi connectivity index (χ1n) is 24.0. The van der Waals surface area contributed by atoms with E-state index in [4.69, 9.17) is 37.9 Å². The summed E-state index contributed by atoms with van der Waals surface area (Å²) in [5.41, 5.74) is -0.701. The molecule has 2 spiro atoms. The lowest BCUT2D eigenvalue weighted by Crippen LogP contribution is -2.68. The summed E-state index contributed by atoms with van der Waals surface area (Å²) in [6.45, 7) is 14.4. The third-order valence-electron chi connectivity index (χ3n) is 19.1. The minimum Gasteiger partial charge on any atom is -0.394 e. The number of hydrogen-bond donors (Lipinski definition) is 10. The molecule has 4 saturated carbocycles. The summed E-state index contributed by atoms with van der Waals surface area (Å²) in [4.78, 5) is 0. The second-order valence-corrected chi connectivity index (χ2v) is 22.9. The van der Waals surface area contributed by atoms with Crippen LogP contribution in [-0.2, 0) is 37.9 Å². The highest BCUT2D eigenvalue weighted by Gasteiger charge is 2.81. The first-order valence-corrected chi connectivity index (χ1v) is 24.0. The van der Waals surface area contributed by atoms with Gasteiger partial charge in [-0.3, -0.25) is 0 Å². The molecule has 18 heteroatoms. The molecule has 9 aliphatic rings. The van der Waals surface area contributed by atoms with Crippen LogP contribution >= 0.6 is 0 Å². The van der Waals surface area contributed by atoms with Gasteiger partial charge in [-0.15, -0.1) is 0 Å². The summed E-state index contributed by atoms with van der Waals surface area (Å²) in [6, 6.07) is 0. The molecular weight excluding hydrogens is 852 g/mol. The van der Waals surface area contributed by atoms with Crippen molar-refractivity contribution in [3.05, 3.63) is 11.6 Å². The van der Waals surface area contributed by atoms with Crippen LogP contribution in [0.3, 0.4) is 0 Å². The minimum atomic E-state index is -1.86. The number of aliphatic hydroxyl groups is 10. The van der Waals surface area contributed by atoms with Crippen molar-refractivity contribution in [2.45, 2.75) is 197 Å². The summed E-state index contributed by atoms with van der Waals surface area (Å²) >= 11 is 0. The van der Waals surface area contributed by atoms with Crippen molar-refractivity contribution in [2.75, 3.05) is 33.0 Å². The fraction of sp³-hybridized carbons (Fsp3) is 0.957. The Morgan fingerprint density at radius 3 is 1.85 bits per heavy atom. The summed E-state index contributed by atoms with van der Waals surface area (Å²) < 4.78 is 50.7. The van der Waals surface area contributed by atoms with Crippen molar-refractivity contribution < 1.29 is 89.0 Å². The maximum absolute atomic E-state index is 12.4. The van der Waals surface area contributed by atoms with Gasteiger partial charge in [-0.2, -0.15) is 0 Å². The average Bonchev–Trinajstić information content (AvgIpc) is 3.88. The highest BCUT2D eigenvalue weighted by molar-refractivity contribution is 5.27. The van der Waals surface area contributed by atoms with Gasteiger partial charge in [-0.1, -0.05) is 39.3 Å². The third-order valence-corrected chi connectivity index (χ3v) is 19.1. The molecule has 4 aliphatic carbocycles. The molecule has 5 aliphatic heterocycles. The number of hydrogen-bond acceptors (Lipinski definition) is 18. The van der Waals surface area contributed by atoms with E-state index in [1.54, 1.807) is 0 Å². The van der Waals surface area contributed by atoms with E-state index in [1.807, 2.05) is 6.92 Å². The Morgan fingerprint density at radius 2 is 1.22 bits per heavy atom. The molecule has 5 saturated heterocycles. The molecule has 18 nitrogen and oxygen atoms in total. The maximum Gasteiger partial charge on any atom is 0.187 e. The molecule has 372 valence electrons. The molecule has 65 heavy (non-hydrogen) atoms. The quantitative estimate of drug-likeness (QED) is 0.101. The Labute approximate surface area is 381 Å². The lowest BCUT2D eigenvalue weighted by molar-refractivity contribution is -0.387. The van der Waals surface area contributed by atoms with Crippen molar-refractivity contribution in [3.8, 4) is 0 Å². The topological polar surface area (TPSA) is 276 Å². The summed E-state index contributed by atoms with van der Waals surface area (Å²) in [5.74, 6) is -0.317. The van der Waals surface area contributed by atoms with Crippen LogP contribution in [0.5, 0.6) is 0 Å². The molecule has 25 atom stereocenters. The first kappa shape index (κ1) is 49.0. The molecule has 0 aromatic rings. The molecule has 0 radical (unpaired) electrons. The zero-order chi connectivity index (χ0) is 47.0. The third kappa shape index (κ3) is 7.24. The monoisotopic (exact) mass is 929 g/mol. The van der Waals surface area contributed by atoms with E-state index in [9.17, 15) is 51.1 Å². The van der Waals surface area contributed by atoms with Crippen LogP contribution in [0.4, 0.5) is 0 Å². The molecule has 2 bridgehead atoms. The van der Waals surface area contributed by atoms with E-state index in [0.29, 0.717) is 25.6 Å². The zero-order valence-electron chi connectivity index (χ0n) is 38.8. The van der Waals surface area contributed by atoms with Gasteiger partial charge >= 0.3 is 0 Å². The lowest BCUT2D eigenvalue weighted by atomic mass is 9.35. The van der Waals surface area contributed by atoms with Gasteiger partial charge in [-0.25, -0.2) is 0 Å². The highest BCUT2D eigenvalue weighted by atomic mass is 16.8. The summed E-state index contributed by atoms with van der Waals surface area (Å²) in [7, 11) is 0. The van der Waals surface area contributed by atoms with Crippen molar-refractivity contribution in [2.24, 2.45) is 51.2 Å². The molecular formula is C47H76O18. The van der Waals surface area contributed by atoms with Gasteiger partial charge in [0.25, 0.3) is 0 Å². The molecule has 0 amide bonds. The number of rotatable bonds is 10. The van der Waals surface area contributed by atoms with Crippen LogP contribution in [0.2, 0.25) is 0 Å². The van der Waals surface area contributed by atoms with Crippen LogP contribution in [0.25, 0.3) is 0 Å². The van der Waals surface area contributed by atoms with E-state index in [2.05, 4.69) is 47.6 Å². The van der Waals surface area contributed by atoms with E-state index in [0.717, 1.165) is 44.1 Å². The first-order chi connectivity index (χ1) is 30.5. The van der Waals surface area contributed by atoms with Crippen molar-refractivity contribution in [1.82, 2.24) is 0 Å². The van der Waals surface area contributed by atoms with Gasteiger partial charge in [0.2, 0.25) is 0 Å². The smallest absolute Gasteiger partial charge is 0.187 e. The Balaban J connectivity index is 0.991. The molecule has 0 aromatic carbocycles. The van der Waals surface area contributed by atoms with Crippen molar-refractivity contribution in [3.63, 3.8) is 0 Å². The van der Waals surface area contributed by atoms with Crippen LogP contribution in [0.1, 0.15) is 93.4 Å². The Morgan fingerprint density at radius 1 is 0.631 bits per heavy atom. The maximum atomic E-state index is 12.4. The van der Waals surface area contributed by atoms with Gasteiger partial charge in [0.1, 0.15) is 67.1 Å². The second kappa shape index (κ2) is 17.1. The Kier molecular flexibility index (Phi) is 12.9. The van der Waals surface area contributed by atoms with E-state index in [-0.39, 0.29) is 39.9 Å². The standard InChI is InChI=1S/C47H76O18/c1-21(2)14-22-18-58-47-19-46(20-59-47)23(38(47)45(22,7)57)8-9-28-43(5)12-11-29(42(3,4)27(43)10-13-44(28,46)6)63-41-37(65-39-34(55)31(52)25(16-49)61-39)36(32(53)26(17-50)62-41)64-40-35(56)33(54)30(51)24(15-48)60-40/h14,22-41,48-57H,8-13,15-20H2,1-7H3/t22-,23?,24-,25+,26-,27?,28?,29+,30-,31+,32-,33+,34-,35-,36+,37-,38?,39+,40+,41+,43+,44-,45?,46+,47-/m1/s1. The van der Waals surface area contributed by atoms with E-state index in [1.165, 1.54) is 0 Å². The van der Waals surface area contributed by atoms with Crippen LogP contribution < -0.4 is 0 Å². The van der Waals surface area contributed by atoms with E-state index >= 15 is 0 Å². The molecule has 9 fully saturated rings. The molecule has 5 heterocycles. The molecule has 5 unspecified atom stereocenters. The molecule has 10 N–H and O–H groups in total. The lowest BCUT2D eigenvalue weighted by Gasteiger charge is -2.70. The van der Waals surface area contributed by atoms with Crippen LogP contribution in [0, 0.1) is 51.2 Å². The normalized spacial score (nSPS) is 56.9. The Hall–Kier alpha value is -0.980. The molecule has 0 aromatic heterocycles.